The Balaban J connectivity index is 1.80. The van der Waals surface area contributed by atoms with Crippen molar-refractivity contribution in [1.29, 1.82) is 0 Å². The van der Waals surface area contributed by atoms with Gasteiger partial charge in [-0.1, -0.05) is 13.3 Å². The van der Waals surface area contributed by atoms with Crippen LogP contribution in [0, 0.1) is 0 Å². The highest BCUT2D eigenvalue weighted by atomic mass is 16.2. The molecule has 0 aliphatic carbocycles. The summed E-state index contributed by atoms with van der Waals surface area (Å²) < 4.78 is 0. The topological polar surface area (TPSA) is 40.6 Å². The largest absolute Gasteiger partial charge is 0.339 e. The fourth-order valence-electron chi connectivity index (χ4n) is 3.51. The third kappa shape index (κ3) is 2.62. The van der Waals surface area contributed by atoms with Crippen molar-refractivity contribution in [1.82, 2.24) is 9.80 Å². The second-order valence-electron chi connectivity index (χ2n) is 6.44. The lowest BCUT2D eigenvalue weighted by atomic mass is 10.1. The van der Waals surface area contributed by atoms with Crippen molar-refractivity contribution in [2.24, 2.45) is 0 Å². The van der Waals surface area contributed by atoms with Crippen molar-refractivity contribution in [3.8, 4) is 0 Å². The quantitative estimate of drug-likeness (QED) is 0.857. The number of carbonyl (C=O) groups excluding carboxylic acids is 2. The van der Waals surface area contributed by atoms with Crippen molar-refractivity contribution in [2.75, 3.05) is 13.1 Å². The van der Waals surface area contributed by atoms with Crippen LogP contribution >= 0.6 is 0 Å². The number of benzene rings is 1. The molecule has 2 aliphatic heterocycles. The van der Waals surface area contributed by atoms with E-state index in [1.165, 1.54) is 0 Å². The van der Waals surface area contributed by atoms with Crippen LogP contribution in [0.1, 0.15) is 65.8 Å². The van der Waals surface area contributed by atoms with Gasteiger partial charge in [-0.05, 0) is 49.9 Å². The van der Waals surface area contributed by atoms with Gasteiger partial charge < -0.3 is 9.80 Å². The molecular weight excluding hydrogens is 276 g/mol. The van der Waals surface area contributed by atoms with Gasteiger partial charge in [0.15, 0.2) is 0 Å². The first-order chi connectivity index (χ1) is 10.6. The van der Waals surface area contributed by atoms with Crippen molar-refractivity contribution in [2.45, 2.75) is 52.1 Å². The first-order valence-corrected chi connectivity index (χ1v) is 8.35. The van der Waals surface area contributed by atoms with Crippen molar-refractivity contribution in [3.05, 3.63) is 34.9 Å². The summed E-state index contributed by atoms with van der Waals surface area (Å²) in [5.41, 5.74) is 2.48. The highest BCUT2D eigenvalue weighted by molar-refractivity contribution is 6.01. The van der Waals surface area contributed by atoms with Crippen LogP contribution in [0.2, 0.25) is 0 Å². The Hall–Kier alpha value is -1.84. The standard InChI is InChI=1S/C18H24N2O2/c1-3-6-13(2)20-12-15-11-14(7-8-16(15)18(20)22)17(21)19-9-4-5-10-19/h7-8,11,13H,3-6,9-10,12H2,1-2H3. The smallest absolute Gasteiger partial charge is 0.254 e. The lowest BCUT2D eigenvalue weighted by Crippen LogP contribution is -2.33. The molecule has 0 spiro atoms. The molecule has 1 unspecified atom stereocenters. The van der Waals surface area contributed by atoms with E-state index in [-0.39, 0.29) is 17.9 Å². The molecule has 1 fully saturated rings. The summed E-state index contributed by atoms with van der Waals surface area (Å²) in [6.07, 6.45) is 4.27. The average Bonchev–Trinajstić information content (AvgIpc) is 3.15. The predicted molar refractivity (Wildman–Crippen MR) is 85.8 cm³/mol. The molecule has 118 valence electrons. The Bertz CT molecular complexity index is 591. The number of amides is 2. The van der Waals surface area contributed by atoms with Crippen LogP contribution in [0.15, 0.2) is 18.2 Å². The van der Waals surface area contributed by atoms with Gasteiger partial charge in [0.25, 0.3) is 11.8 Å². The lowest BCUT2D eigenvalue weighted by Gasteiger charge is -2.23. The Kier molecular flexibility index (Phi) is 4.19. The van der Waals surface area contributed by atoms with Crippen LogP contribution in [-0.2, 0) is 6.54 Å². The summed E-state index contributed by atoms with van der Waals surface area (Å²) >= 11 is 0. The van der Waals surface area contributed by atoms with Gasteiger partial charge >= 0.3 is 0 Å². The van der Waals surface area contributed by atoms with Crippen LogP contribution < -0.4 is 0 Å². The summed E-state index contributed by atoms with van der Waals surface area (Å²) in [5.74, 6) is 0.212. The summed E-state index contributed by atoms with van der Waals surface area (Å²) in [6, 6.07) is 5.82. The second kappa shape index (κ2) is 6.11. The minimum Gasteiger partial charge on any atom is -0.339 e. The van der Waals surface area contributed by atoms with Gasteiger partial charge in [0, 0.05) is 36.8 Å². The molecular formula is C18H24N2O2. The van der Waals surface area contributed by atoms with E-state index in [1.54, 1.807) is 0 Å². The Morgan fingerprint density at radius 3 is 2.68 bits per heavy atom. The lowest BCUT2D eigenvalue weighted by molar-refractivity contribution is 0.0708. The van der Waals surface area contributed by atoms with Crippen LogP contribution in [0.3, 0.4) is 0 Å². The Labute approximate surface area is 132 Å². The molecule has 4 heteroatoms. The molecule has 3 rings (SSSR count). The molecule has 2 aliphatic rings. The number of carbonyl (C=O) groups is 2. The van der Waals surface area contributed by atoms with Gasteiger partial charge in [0.2, 0.25) is 0 Å². The fraction of sp³-hybridized carbons (Fsp3) is 0.556. The van der Waals surface area contributed by atoms with Crippen LogP contribution in [-0.4, -0.2) is 40.7 Å². The van der Waals surface area contributed by atoms with Crippen LogP contribution in [0.25, 0.3) is 0 Å². The highest BCUT2D eigenvalue weighted by Gasteiger charge is 2.31. The number of fused-ring (bicyclic) bond motifs is 1. The third-order valence-electron chi connectivity index (χ3n) is 4.82. The summed E-state index contributed by atoms with van der Waals surface area (Å²) in [5, 5.41) is 0. The van der Waals surface area contributed by atoms with Gasteiger partial charge in [-0.2, -0.15) is 0 Å². The first-order valence-electron chi connectivity index (χ1n) is 8.35. The molecule has 2 amide bonds. The van der Waals surface area contributed by atoms with Gasteiger partial charge in [-0.3, -0.25) is 9.59 Å². The Morgan fingerprint density at radius 2 is 2.00 bits per heavy atom. The van der Waals surface area contributed by atoms with Crippen molar-refractivity contribution in [3.63, 3.8) is 0 Å². The van der Waals surface area contributed by atoms with Crippen LogP contribution in [0.4, 0.5) is 0 Å². The van der Waals surface area contributed by atoms with E-state index in [2.05, 4.69) is 13.8 Å². The first kappa shape index (κ1) is 15.1. The monoisotopic (exact) mass is 300 g/mol. The maximum Gasteiger partial charge on any atom is 0.254 e. The molecule has 0 bridgehead atoms. The number of hydrogen-bond donors (Lipinski definition) is 0. The van der Waals surface area contributed by atoms with Crippen molar-refractivity contribution >= 4 is 11.8 Å². The minimum absolute atomic E-state index is 0.104. The molecule has 4 nitrogen and oxygen atoms in total. The molecule has 0 N–H and O–H groups in total. The average molecular weight is 300 g/mol. The van der Waals surface area contributed by atoms with Gasteiger partial charge in [-0.25, -0.2) is 0 Å². The van der Waals surface area contributed by atoms with E-state index in [9.17, 15) is 9.59 Å². The second-order valence-corrected chi connectivity index (χ2v) is 6.44. The van der Waals surface area contributed by atoms with Gasteiger partial charge in [0.05, 0.1) is 0 Å². The zero-order valence-electron chi connectivity index (χ0n) is 13.5. The minimum atomic E-state index is 0.104. The molecule has 0 aromatic heterocycles. The third-order valence-corrected chi connectivity index (χ3v) is 4.82. The maximum atomic E-state index is 12.5. The molecule has 1 aromatic carbocycles. The molecule has 0 radical (unpaired) electrons. The zero-order chi connectivity index (χ0) is 15.7. The molecule has 1 atom stereocenters. The van der Waals surface area contributed by atoms with E-state index in [0.29, 0.717) is 6.54 Å². The normalized spacial score (nSPS) is 18.7. The van der Waals surface area contributed by atoms with Crippen molar-refractivity contribution < 1.29 is 9.59 Å². The molecule has 1 aromatic rings. The summed E-state index contributed by atoms with van der Waals surface area (Å²) in [4.78, 5) is 28.8. The fourth-order valence-corrected chi connectivity index (χ4v) is 3.51. The molecule has 0 saturated carbocycles. The van der Waals surface area contributed by atoms with Gasteiger partial charge in [-0.15, -0.1) is 0 Å². The maximum absolute atomic E-state index is 12.5. The van der Waals surface area contributed by atoms with E-state index in [1.807, 2.05) is 28.0 Å². The Morgan fingerprint density at radius 1 is 1.27 bits per heavy atom. The predicted octanol–water partition coefficient (Wildman–Crippen LogP) is 3.07. The van der Waals surface area contributed by atoms with E-state index in [4.69, 9.17) is 0 Å². The molecule has 1 saturated heterocycles. The molecule has 2 heterocycles. The van der Waals surface area contributed by atoms with E-state index in [0.717, 1.165) is 55.5 Å². The van der Waals surface area contributed by atoms with Crippen LogP contribution in [0.5, 0.6) is 0 Å². The number of hydrogen-bond acceptors (Lipinski definition) is 2. The number of nitrogens with zero attached hydrogens (tertiary/aromatic N) is 2. The van der Waals surface area contributed by atoms with E-state index >= 15 is 0 Å². The number of likely N-dealkylation sites (tertiary alicyclic amines) is 1. The SMILES string of the molecule is CCCC(C)N1Cc2cc(C(=O)N3CCCC3)ccc2C1=O. The molecule has 22 heavy (non-hydrogen) atoms. The highest BCUT2D eigenvalue weighted by Crippen LogP contribution is 2.27. The van der Waals surface area contributed by atoms with Gasteiger partial charge in [0.1, 0.15) is 0 Å². The summed E-state index contributed by atoms with van der Waals surface area (Å²) in [7, 11) is 0. The van der Waals surface area contributed by atoms with E-state index < -0.39 is 0 Å². The zero-order valence-corrected chi connectivity index (χ0v) is 13.5. The number of rotatable bonds is 4. The summed E-state index contributed by atoms with van der Waals surface area (Å²) in [6.45, 7) is 6.58.